The fraction of sp³-hybridized carbons (Fsp3) is 0.429. The molecule has 1 N–H and O–H groups in total. The van der Waals surface area contributed by atoms with E-state index >= 15 is 0 Å². The third-order valence-electron chi connectivity index (χ3n) is 5.45. The number of anilines is 1. The van der Waals surface area contributed by atoms with Gasteiger partial charge in [0, 0.05) is 10.2 Å². The molecule has 1 saturated carbocycles. The zero-order valence-corrected chi connectivity index (χ0v) is 18.4. The topological polar surface area (TPSA) is 95.3 Å². The molecule has 0 amide bonds. The molecule has 0 unspecified atom stereocenters. The van der Waals surface area contributed by atoms with Crippen molar-refractivity contribution in [2.45, 2.75) is 51.2 Å². The number of halogens is 1. The number of ether oxygens (including phenoxy) is 2. The van der Waals surface area contributed by atoms with Crippen molar-refractivity contribution in [1.82, 2.24) is 14.8 Å². The van der Waals surface area contributed by atoms with Crippen molar-refractivity contribution in [2.24, 2.45) is 0 Å². The number of fused-ring (bicyclic) bond motifs is 1. The first-order chi connectivity index (χ1) is 14.5. The van der Waals surface area contributed by atoms with E-state index in [4.69, 9.17) is 9.47 Å². The minimum absolute atomic E-state index is 0.0695. The van der Waals surface area contributed by atoms with E-state index in [-0.39, 0.29) is 17.9 Å². The van der Waals surface area contributed by atoms with Crippen LogP contribution < -0.4 is 5.32 Å². The van der Waals surface area contributed by atoms with E-state index in [0.717, 1.165) is 35.7 Å². The predicted molar refractivity (Wildman–Crippen MR) is 113 cm³/mol. The molecule has 0 spiro atoms. The maximum atomic E-state index is 13.3. The van der Waals surface area contributed by atoms with Crippen molar-refractivity contribution in [3.63, 3.8) is 0 Å². The second kappa shape index (κ2) is 8.59. The Bertz CT molecular complexity index is 993. The Labute approximate surface area is 182 Å². The highest BCUT2D eigenvalue weighted by Gasteiger charge is 2.37. The average molecular weight is 475 g/mol. The van der Waals surface area contributed by atoms with Crippen molar-refractivity contribution in [3.8, 4) is 0 Å². The molecule has 0 bridgehead atoms. The largest absolute Gasteiger partial charge is 0.463 e. The molecule has 0 radical (unpaired) electrons. The number of nitrogens with zero attached hydrogens (tertiary/aromatic N) is 3. The van der Waals surface area contributed by atoms with Crippen LogP contribution in [0.4, 0.5) is 5.95 Å². The van der Waals surface area contributed by atoms with E-state index in [1.807, 2.05) is 24.3 Å². The first kappa shape index (κ1) is 20.6. The first-order valence-corrected chi connectivity index (χ1v) is 10.8. The smallest absolute Gasteiger partial charge is 0.378 e. The number of aromatic nitrogens is 3. The van der Waals surface area contributed by atoms with Crippen LogP contribution in [0.15, 0.2) is 40.0 Å². The summed E-state index contributed by atoms with van der Waals surface area (Å²) in [7, 11) is 1.28. The van der Waals surface area contributed by atoms with E-state index in [2.05, 4.69) is 31.3 Å². The van der Waals surface area contributed by atoms with Gasteiger partial charge < -0.3 is 14.8 Å². The minimum atomic E-state index is -0.641. The SMILES string of the molecule is COC(=O)c1nc2n(n1)[C@H](c1ccc(Br)cc1)C(C(=O)OC1CCCCC1)=C(C)N2. The maximum Gasteiger partial charge on any atom is 0.378 e. The summed E-state index contributed by atoms with van der Waals surface area (Å²) in [5.74, 6) is -0.718. The van der Waals surface area contributed by atoms with Crippen molar-refractivity contribution in [2.75, 3.05) is 12.4 Å². The maximum absolute atomic E-state index is 13.3. The lowest BCUT2D eigenvalue weighted by Gasteiger charge is -2.30. The van der Waals surface area contributed by atoms with Crippen molar-refractivity contribution < 1.29 is 19.1 Å². The highest BCUT2D eigenvalue weighted by molar-refractivity contribution is 9.10. The molecule has 30 heavy (non-hydrogen) atoms. The van der Waals surface area contributed by atoms with E-state index in [0.29, 0.717) is 17.2 Å². The summed E-state index contributed by atoms with van der Waals surface area (Å²) in [5, 5.41) is 7.42. The molecule has 4 rings (SSSR count). The Morgan fingerprint density at radius 3 is 2.50 bits per heavy atom. The molecule has 1 atom stereocenters. The van der Waals surface area contributed by atoms with E-state index in [9.17, 15) is 9.59 Å². The van der Waals surface area contributed by atoms with Crippen LogP contribution in [0.25, 0.3) is 0 Å². The molecule has 1 fully saturated rings. The van der Waals surface area contributed by atoms with Gasteiger partial charge in [0.25, 0.3) is 5.82 Å². The van der Waals surface area contributed by atoms with Crippen molar-refractivity contribution in [1.29, 1.82) is 0 Å². The van der Waals surface area contributed by atoms with Gasteiger partial charge in [0.1, 0.15) is 12.1 Å². The Hall–Kier alpha value is -2.68. The summed E-state index contributed by atoms with van der Waals surface area (Å²) >= 11 is 3.44. The van der Waals surface area contributed by atoms with Gasteiger partial charge in [0.05, 0.1) is 12.7 Å². The second-order valence-corrected chi connectivity index (χ2v) is 8.39. The van der Waals surface area contributed by atoms with Crippen LogP contribution in [-0.2, 0) is 14.3 Å². The zero-order valence-electron chi connectivity index (χ0n) is 16.9. The third-order valence-corrected chi connectivity index (χ3v) is 5.98. The van der Waals surface area contributed by atoms with E-state index in [1.54, 1.807) is 11.6 Å². The van der Waals surface area contributed by atoms with Crippen LogP contribution >= 0.6 is 15.9 Å². The van der Waals surface area contributed by atoms with Crippen LogP contribution in [0, 0.1) is 0 Å². The standard InChI is InChI=1S/C21H23BrN4O4/c1-12-16(19(27)30-15-6-4-3-5-7-15)17(13-8-10-14(22)11-9-13)26-21(23-12)24-18(25-26)20(28)29-2/h8-11,15,17H,3-7H2,1-2H3,(H,23,24,25)/t17-/m1/s1. The molecule has 1 aliphatic heterocycles. The Balaban J connectivity index is 1.74. The van der Waals surface area contributed by atoms with Crippen LogP contribution in [0.3, 0.4) is 0 Å². The number of carbonyl (C=O) groups is 2. The molecule has 1 aliphatic carbocycles. The van der Waals surface area contributed by atoms with Gasteiger partial charge in [-0.1, -0.05) is 34.5 Å². The summed E-state index contributed by atoms with van der Waals surface area (Å²) in [6, 6.07) is 7.04. The fourth-order valence-electron chi connectivity index (χ4n) is 3.94. The number of benzene rings is 1. The Morgan fingerprint density at radius 1 is 1.13 bits per heavy atom. The Morgan fingerprint density at radius 2 is 1.83 bits per heavy atom. The molecule has 2 aromatic rings. The molecule has 1 aromatic heterocycles. The summed E-state index contributed by atoms with van der Waals surface area (Å²) in [6.07, 6.45) is 5.02. The van der Waals surface area contributed by atoms with Crippen LogP contribution in [0.5, 0.6) is 0 Å². The normalized spacial score (nSPS) is 19.1. The third kappa shape index (κ3) is 3.98. The van der Waals surface area contributed by atoms with E-state index < -0.39 is 12.0 Å². The van der Waals surface area contributed by atoms with E-state index in [1.165, 1.54) is 13.5 Å². The minimum Gasteiger partial charge on any atom is -0.463 e. The number of esters is 2. The number of hydrogen-bond acceptors (Lipinski definition) is 7. The molecule has 8 nitrogen and oxygen atoms in total. The molecular formula is C21H23BrN4O4. The van der Waals surface area contributed by atoms with Gasteiger partial charge in [-0.2, -0.15) is 4.98 Å². The highest BCUT2D eigenvalue weighted by atomic mass is 79.9. The quantitative estimate of drug-likeness (QED) is 0.669. The van der Waals surface area contributed by atoms with Gasteiger partial charge in [-0.05, 0) is 50.3 Å². The number of hydrogen-bond donors (Lipinski definition) is 1. The average Bonchev–Trinajstić information content (AvgIpc) is 3.17. The van der Waals surface area contributed by atoms with Gasteiger partial charge in [-0.3, -0.25) is 0 Å². The molecule has 1 aromatic carbocycles. The Kier molecular flexibility index (Phi) is 5.90. The molecule has 2 aliphatic rings. The van der Waals surface area contributed by atoms with Gasteiger partial charge in [-0.15, -0.1) is 5.10 Å². The number of methoxy groups -OCH3 is 1. The summed E-state index contributed by atoms with van der Waals surface area (Å²) < 4.78 is 13.1. The zero-order chi connectivity index (χ0) is 21.3. The molecule has 9 heteroatoms. The van der Waals surface area contributed by atoms with Crippen LogP contribution in [-0.4, -0.2) is 39.9 Å². The molecular weight excluding hydrogens is 452 g/mol. The van der Waals surface area contributed by atoms with Gasteiger partial charge in [0.2, 0.25) is 5.95 Å². The number of allylic oxidation sites excluding steroid dienone is 1. The number of nitrogens with one attached hydrogen (secondary N) is 1. The van der Waals surface area contributed by atoms with Crippen molar-refractivity contribution in [3.05, 3.63) is 51.4 Å². The van der Waals surface area contributed by atoms with Crippen LogP contribution in [0.2, 0.25) is 0 Å². The summed E-state index contributed by atoms with van der Waals surface area (Å²) in [5.41, 5.74) is 1.91. The second-order valence-electron chi connectivity index (χ2n) is 7.48. The molecule has 158 valence electrons. The lowest BCUT2D eigenvalue weighted by atomic mass is 9.95. The lowest BCUT2D eigenvalue weighted by Crippen LogP contribution is -2.32. The number of carbonyl (C=O) groups excluding carboxylic acids is 2. The summed E-state index contributed by atoms with van der Waals surface area (Å²) in [6.45, 7) is 1.80. The molecule has 0 saturated heterocycles. The van der Waals surface area contributed by atoms with Crippen LogP contribution in [0.1, 0.15) is 61.3 Å². The summed E-state index contributed by atoms with van der Waals surface area (Å²) in [4.78, 5) is 29.5. The predicted octanol–water partition coefficient (Wildman–Crippen LogP) is 3.99. The van der Waals surface area contributed by atoms with Gasteiger partial charge >= 0.3 is 11.9 Å². The lowest BCUT2D eigenvalue weighted by molar-refractivity contribution is -0.146. The monoisotopic (exact) mass is 474 g/mol. The van der Waals surface area contributed by atoms with Gasteiger partial charge in [-0.25, -0.2) is 14.3 Å². The van der Waals surface area contributed by atoms with Crippen molar-refractivity contribution >= 4 is 33.8 Å². The number of rotatable bonds is 4. The fourth-order valence-corrected chi connectivity index (χ4v) is 4.21. The molecule has 2 heterocycles. The van der Waals surface area contributed by atoms with Gasteiger partial charge in [0.15, 0.2) is 0 Å². The highest BCUT2D eigenvalue weighted by Crippen LogP contribution is 2.37. The first-order valence-electron chi connectivity index (χ1n) is 9.97.